The lowest BCUT2D eigenvalue weighted by Gasteiger charge is -2.28. The van der Waals surface area contributed by atoms with E-state index in [-0.39, 0.29) is 0 Å². The Labute approximate surface area is 103 Å². The van der Waals surface area contributed by atoms with Gasteiger partial charge in [0.1, 0.15) is 12.2 Å². The van der Waals surface area contributed by atoms with Crippen LogP contribution in [0.1, 0.15) is 32.5 Å². The molecule has 0 aliphatic carbocycles. The molecule has 96 valence electrons. The van der Waals surface area contributed by atoms with Crippen LogP contribution < -0.4 is 5.32 Å². The maximum Gasteiger partial charge on any atom is 0.140 e. The van der Waals surface area contributed by atoms with Gasteiger partial charge in [-0.2, -0.15) is 5.10 Å². The van der Waals surface area contributed by atoms with E-state index >= 15 is 0 Å². The Hall–Kier alpha value is -0.940. The number of nitrogens with one attached hydrogen (secondary N) is 1. The first kappa shape index (κ1) is 12.5. The maximum atomic E-state index is 4.30. The summed E-state index contributed by atoms with van der Waals surface area (Å²) in [5.41, 5.74) is 0. The zero-order chi connectivity index (χ0) is 12.3. The van der Waals surface area contributed by atoms with Crippen LogP contribution in [-0.2, 0) is 13.6 Å². The first-order chi connectivity index (χ1) is 8.16. The Morgan fingerprint density at radius 3 is 2.94 bits per heavy atom. The lowest BCUT2D eigenvalue weighted by Crippen LogP contribution is -2.41. The summed E-state index contributed by atoms with van der Waals surface area (Å²) in [6.45, 7) is 7.63. The Morgan fingerprint density at radius 2 is 2.41 bits per heavy atom. The molecular formula is C12H23N5. The Balaban J connectivity index is 1.95. The minimum absolute atomic E-state index is 0.536. The monoisotopic (exact) mass is 237 g/mol. The third kappa shape index (κ3) is 3.26. The van der Waals surface area contributed by atoms with Gasteiger partial charge >= 0.3 is 0 Å². The molecule has 1 N–H and O–H groups in total. The molecule has 0 radical (unpaired) electrons. The number of rotatable bonds is 5. The molecule has 1 aromatic rings. The fraction of sp³-hybridized carbons (Fsp3) is 0.833. The summed E-state index contributed by atoms with van der Waals surface area (Å²) in [4.78, 5) is 6.77. The van der Waals surface area contributed by atoms with E-state index in [0.717, 1.165) is 18.9 Å². The van der Waals surface area contributed by atoms with Crippen molar-refractivity contribution >= 4 is 0 Å². The van der Waals surface area contributed by atoms with Crippen LogP contribution in [0.25, 0.3) is 0 Å². The van der Waals surface area contributed by atoms with Crippen molar-refractivity contribution in [1.29, 1.82) is 0 Å². The van der Waals surface area contributed by atoms with Gasteiger partial charge in [0.15, 0.2) is 0 Å². The summed E-state index contributed by atoms with van der Waals surface area (Å²) in [6.07, 6.45) is 4.23. The molecule has 5 heteroatoms. The second-order valence-electron chi connectivity index (χ2n) is 5.12. The number of nitrogens with zero attached hydrogens (tertiary/aromatic N) is 4. The number of hydrogen-bond acceptors (Lipinski definition) is 4. The summed E-state index contributed by atoms with van der Waals surface area (Å²) in [7, 11) is 1.95. The van der Waals surface area contributed by atoms with Crippen molar-refractivity contribution in [2.45, 2.75) is 45.3 Å². The largest absolute Gasteiger partial charge is 0.313 e. The van der Waals surface area contributed by atoms with Gasteiger partial charge in [-0.1, -0.05) is 0 Å². The molecule has 0 aromatic carbocycles. The Bertz CT molecular complexity index is 340. The van der Waals surface area contributed by atoms with E-state index in [4.69, 9.17) is 0 Å². The highest BCUT2D eigenvalue weighted by molar-refractivity contribution is 4.87. The number of hydrogen-bond donors (Lipinski definition) is 1. The summed E-state index contributed by atoms with van der Waals surface area (Å²) in [5, 5.41) is 7.68. The van der Waals surface area contributed by atoms with Gasteiger partial charge in [-0.3, -0.25) is 9.58 Å². The molecule has 1 atom stereocenters. The minimum atomic E-state index is 0.536. The molecule has 1 aliphatic rings. The van der Waals surface area contributed by atoms with Crippen molar-refractivity contribution < 1.29 is 0 Å². The summed E-state index contributed by atoms with van der Waals surface area (Å²) < 4.78 is 1.86. The van der Waals surface area contributed by atoms with Crippen LogP contribution >= 0.6 is 0 Å². The van der Waals surface area contributed by atoms with Crippen LogP contribution in [0.2, 0.25) is 0 Å². The van der Waals surface area contributed by atoms with E-state index in [9.17, 15) is 0 Å². The van der Waals surface area contributed by atoms with E-state index in [1.165, 1.54) is 19.4 Å². The Morgan fingerprint density at radius 1 is 1.59 bits per heavy atom. The normalized spacial score (nSPS) is 20.6. The van der Waals surface area contributed by atoms with Crippen molar-refractivity contribution in [3.8, 4) is 0 Å². The van der Waals surface area contributed by atoms with Crippen LogP contribution in [0.4, 0.5) is 0 Å². The third-order valence-electron chi connectivity index (χ3n) is 3.50. The number of aromatic nitrogens is 3. The minimum Gasteiger partial charge on any atom is -0.313 e. The molecule has 1 saturated heterocycles. The predicted octanol–water partition coefficient (Wildman–Crippen LogP) is 0.777. The van der Waals surface area contributed by atoms with Crippen molar-refractivity contribution in [1.82, 2.24) is 25.0 Å². The molecular weight excluding hydrogens is 214 g/mol. The highest BCUT2D eigenvalue weighted by Crippen LogP contribution is 2.11. The molecule has 1 aromatic heterocycles. The van der Waals surface area contributed by atoms with Gasteiger partial charge in [-0.05, 0) is 33.2 Å². The summed E-state index contributed by atoms with van der Waals surface area (Å²) in [6, 6.07) is 1.18. The van der Waals surface area contributed by atoms with Crippen LogP contribution in [0.3, 0.4) is 0 Å². The lowest BCUT2D eigenvalue weighted by atomic mass is 10.2. The predicted molar refractivity (Wildman–Crippen MR) is 67.6 cm³/mol. The summed E-state index contributed by atoms with van der Waals surface area (Å²) in [5.74, 6) is 1.04. The Kier molecular flexibility index (Phi) is 4.12. The van der Waals surface area contributed by atoms with E-state index in [0.29, 0.717) is 12.1 Å². The fourth-order valence-electron chi connectivity index (χ4n) is 2.30. The average Bonchev–Trinajstić information content (AvgIpc) is 2.90. The van der Waals surface area contributed by atoms with Crippen molar-refractivity contribution in [3.63, 3.8) is 0 Å². The van der Waals surface area contributed by atoms with Crippen LogP contribution in [0.5, 0.6) is 0 Å². The average molecular weight is 237 g/mol. The highest BCUT2D eigenvalue weighted by atomic mass is 15.3. The van der Waals surface area contributed by atoms with E-state index in [2.05, 4.69) is 34.1 Å². The standard InChI is InChI=1S/C12H23N5/c1-10(2)17(7-11-5-4-6-13-11)8-12-14-9-15-16(12)3/h9-11,13H,4-8H2,1-3H3. The van der Waals surface area contributed by atoms with Gasteiger partial charge in [0, 0.05) is 25.7 Å². The third-order valence-corrected chi connectivity index (χ3v) is 3.50. The van der Waals surface area contributed by atoms with Gasteiger partial charge in [0.05, 0.1) is 6.54 Å². The van der Waals surface area contributed by atoms with E-state index in [1.54, 1.807) is 6.33 Å². The van der Waals surface area contributed by atoms with Gasteiger partial charge < -0.3 is 5.32 Å². The second-order valence-corrected chi connectivity index (χ2v) is 5.12. The van der Waals surface area contributed by atoms with Crippen molar-refractivity contribution in [2.75, 3.05) is 13.1 Å². The van der Waals surface area contributed by atoms with Gasteiger partial charge in [-0.25, -0.2) is 4.98 Å². The van der Waals surface area contributed by atoms with E-state index < -0.39 is 0 Å². The summed E-state index contributed by atoms with van der Waals surface area (Å²) >= 11 is 0. The SMILES string of the molecule is CC(C)N(Cc1ncnn1C)CC1CCCN1. The zero-order valence-corrected chi connectivity index (χ0v) is 11.1. The van der Waals surface area contributed by atoms with Gasteiger partial charge in [-0.15, -0.1) is 0 Å². The molecule has 1 fully saturated rings. The fourth-order valence-corrected chi connectivity index (χ4v) is 2.30. The number of aryl methyl sites for hydroxylation is 1. The van der Waals surface area contributed by atoms with Crippen molar-refractivity contribution in [3.05, 3.63) is 12.2 Å². The highest BCUT2D eigenvalue weighted by Gasteiger charge is 2.20. The maximum absolute atomic E-state index is 4.30. The first-order valence-corrected chi connectivity index (χ1v) is 6.47. The molecule has 0 amide bonds. The molecule has 2 rings (SSSR count). The molecule has 5 nitrogen and oxygen atoms in total. The van der Waals surface area contributed by atoms with Gasteiger partial charge in [0.25, 0.3) is 0 Å². The second kappa shape index (κ2) is 5.60. The molecule has 17 heavy (non-hydrogen) atoms. The van der Waals surface area contributed by atoms with Crippen LogP contribution in [0.15, 0.2) is 6.33 Å². The smallest absolute Gasteiger partial charge is 0.140 e. The molecule has 2 heterocycles. The van der Waals surface area contributed by atoms with Crippen LogP contribution in [0, 0.1) is 0 Å². The van der Waals surface area contributed by atoms with Crippen molar-refractivity contribution in [2.24, 2.45) is 7.05 Å². The van der Waals surface area contributed by atoms with E-state index in [1.807, 2.05) is 11.7 Å². The quantitative estimate of drug-likeness (QED) is 0.822. The molecule has 0 bridgehead atoms. The molecule has 1 unspecified atom stereocenters. The first-order valence-electron chi connectivity index (χ1n) is 6.47. The molecule has 0 saturated carbocycles. The molecule has 1 aliphatic heterocycles. The van der Waals surface area contributed by atoms with Gasteiger partial charge in [0.2, 0.25) is 0 Å². The topological polar surface area (TPSA) is 46.0 Å². The lowest BCUT2D eigenvalue weighted by molar-refractivity contribution is 0.187. The zero-order valence-electron chi connectivity index (χ0n) is 11.1. The molecule has 0 spiro atoms. The van der Waals surface area contributed by atoms with Crippen LogP contribution in [-0.4, -0.2) is 44.8 Å².